The van der Waals surface area contributed by atoms with E-state index in [2.05, 4.69) is 6.92 Å². The fourth-order valence-corrected chi connectivity index (χ4v) is 7.95. The van der Waals surface area contributed by atoms with Crippen LogP contribution >= 0.6 is 0 Å². The van der Waals surface area contributed by atoms with Crippen LogP contribution in [0.4, 0.5) is 0 Å². The van der Waals surface area contributed by atoms with Gasteiger partial charge in [0.1, 0.15) is 12.2 Å². The Morgan fingerprint density at radius 2 is 1.81 bits per heavy atom. The topological polar surface area (TPSA) is 98.0 Å². The van der Waals surface area contributed by atoms with Crippen LogP contribution < -0.4 is 0 Å². The van der Waals surface area contributed by atoms with Crippen molar-refractivity contribution in [2.24, 2.45) is 34.5 Å². The highest BCUT2D eigenvalue weighted by Gasteiger charge is 2.68. The molecule has 4 N–H and O–H groups in total. The first-order valence-corrected chi connectivity index (χ1v) is 10.4. The molecule has 0 saturated heterocycles. The molecular weight excluding hydrogens is 332 g/mol. The molecule has 0 aromatic carbocycles. The zero-order valence-electron chi connectivity index (χ0n) is 16.0. The molecule has 4 rings (SSSR count). The number of hydrogen-bond acceptors (Lipinski definition) is 5. The van der Waals surface area contributed by atoms with Gasteiger partial charge in [-0.1, -0.05) is 13.8 Å². The first kappa shape index (κ1) is 18.9. The SMILES string of the molecule is C[C@]12CC[C@H](O)C[C@@H]1CC[C@@H]1[C@@H]2[C@@H](O)C[C@@]2(C)[C@H]1CC[C@]2(O)C(=O)CO. The monoisotopic (exact) mass is 366 g/mol. The van der Waals surface area contributed by atoms with Gasteiger partial charge in [0.2, 0.25) is 0 Å². The van der Waals surface area contributed by atoms with Gasteiger partial charge in [0.25, 0.3) is 0 Å². The molecule has 0 amide bonds. The highest BCUT2D eigenvalue weighted by Crippen LogP contribution is 2.68. The zero-order valence-corrected chi connectivity index (χ0v) is 16.0. The summed E-state index contributed by atoms with van der Waals surface area (Å²) >= 11 is 0. The fourth-order valence-electron chi connectivity index (χ4n) is 7.95. The van der Waals surface area contributed by atoms with Crippen molar-refractivity contribution in [2.75, 3.05) is 6.61 Å². The van der Waals surface area contributed by atoms with Gasteiger partial charge in [-0.05, 0) is 80.5 Å². The van der Waals surface area contributed by atoms with E-state index in [-0.39, 0.29) is 23.4 Å². The second-order valence-electron chi connectivity index (χ2n) is 10.2. The van der Waals surface area contributed by atoms with Gasteiger partial charge in [-0.3, -0.25) is 4.79 Å². The summed E-state index contributed by atoms with van der Waals surface area (Å²) in [6.07, 6.45) is 5.48. The zero-order chi connectivity index (χ0) is 18.9. The molecule has 5 heteroatoms. The summed E-state index contributed by atoms with van der Waals surface area (Å²) in [5.41, 5.74) is -2.14. The second kappa shape index (κ2) is 6.00. The van der Waals surface area contributed by atoms with E-state index in [0.29, 0.717) is 24.7 Å². The minimum Gasteiger partial charge on any atom is -0.393 e. The maximum Gasteiger partial charge on any atom is 0.190 e. The van der Waals surface area contributed by atoms with Crippen molar-refractivity contribution in [1.82, 2.24) is 0 Å². The largest absolute Gasteiger partial charge is 0.393 e. The third kappa shape index (κ3) is 2.27. The van der Waals surface area contributed by atoms with Gasteiger partial charge < -0.3 is 20.4 Å². The van der Waals surface area contributed by atoms with Crippen molar-refractivity contribution < 1.29 is 25.2 Å². The Morgan fingerprint density at radius 3 is 2.50 bits per heavy atom. The Kier molecular flexibility index (Phi) is 4.35. The van der Waals surface area contributed by atoms with Crippen LogP contribution in [0.5, 0.6) is 0 Å². The summed E-state index contributed by atoms with van der Waals surface area (Å²) in [5, 5.41) is 41.9. The Hall–Kier alpha value is -0.490. The number of ketones is 1. The number of carbonyl (C=O) groups excluding carboxylic acids is 1. The van der Waals surface area contributed by atoms with Crippen LogP contribution in [0.15, 0.2) is 0 Å². The lowest BCUT2D eigenvalue weighted by Gasteiger charge is -2.62. The average Bonchev–Trinajstić information content (AvgIpc) is 2.86. The lowest BCUT2D eigenvalue weighted by atomic mass is 9.43. The maximum absolute atomic E-state index is 12.4. The van der Waals surface area contributed by atoms with Crippen LogP contribution in [0.25, 0.3) is 0 Å². The summed E-state index contributed by atoms with van der Waals surface area (Å²) in [6.45, 7) is 3.61. The quantitative estimate of drug-likeness (QED) is 0.596. The molecule has 0 spiro atoms. The standard InChI is InChI=1S/C21H34O5/c1-19-7-5-13(23)9-12(19)3-4-14-15-6-8-21(26,17(25)11-22)20(15,2)10-16(24)18(14)19/h12-16,18,22-24,26H,3-11H2,1-2H3/t12-,13-,14-,15-,16-,18+,19-,20-,21-/m0/s1. The van der Waals surface area contributed by atoms with E-state index >= 15 is 0 Å². The third-order valence-corrected chi connectivity index (χ3v) is 9.33. The molecule has 0 aromatic heterocycles. The summed E-state index contributed by atoms with van der Waals surface area (Å²) < 4.78 is 0. The molecule has 0 radical (unpaired) electrons. The van der Waals surface area contributed by atoms with Gasteiger partial charge >= 0.3 is 0 Å². The first-order valence-electron chi connectivity index (χ1n) is 10.4. The van der Waals surface area contributed by atoms with E-state index in [1.807, 2.05) is 6.92 Å². The molecule has 5 nitrogen and oxygen atoms in total. The minimum absolute atomic E-state index is 0.0323. The first-order chi connectivity index (χ1) is 12.2. The van der Waals surface area contributed by atoms with E-state index in [4.69, 9.17) is 0 Å². The highest BCUT2D eigenvalue weighted by atomic mass is 16.3. The van der Waals surface area contributed by atoms with Crippen LogP contribution in [0.1, 0.15) is 65.2 Å². The molecule has 0 bridgehead atoms. The van der Waals surface area contributed by atoms with Gasteiger partial charge in [0.15, 0.2) is 5.78 Å². The van der Waals surface area contributed by atoms with Crippen molar-refractivity contribution in [2.45, 2.75) is 83.0 Å². The lowest BCUT2D eigenvalue weighted by molar-refractivity contribution is -0.202. The lowest BCUT2D eigenvalue weighted by Crippen LogP contribution is -2.63. The number of aliphatic hydroxyl groups is 4. The predicted molar refractivity (Wildman–Crippen MR) is 96.2 cm³/mol. The summed E-state index contributed by atoms with van der Waals surface area (Å²) in [7, 11) is 0. The number of hydrogen-bond donors (Lipinski definition) is 4. The molecule has 0 aromatic rings. The minimum atomic E-state index is -1.52. The van der Waals surface area contributed by atoms with Gasteiger partial charge in [-0.2, -0.15) is 0 Å². The van der Waals surface area contributed by atoms with Gasteiger partial charge in [0.05, 0.1) is 12.2 Å². The molecule has 9 atom stereocenters. The molecular formula is C21H34O5. The Bertz CT molecular complexity index is 593. The third-order valence-electron chi connectivity index (χ3n) is 9.33. The van der Waals surface area contributed by atoms with Crippen LogP contribution in [0, 0.1) is 34.5 Å². The molecule has 4 aliphatic carbocycles. The summed E-state index contributed by atoms with van der Waals surface area (Å²) in [6, 6.07) is 0. The van der Waals surface area contributed by atoms with Gasteiger partial charge in [-0.25, -0.2) is 0 Å². The van der Waals surface area contributed by atoms with E-state index in [0.717, 1.165) is 38.5 Å². The van der Waals surface area contributed by atoms with E-state index in [1.54, 1.807) is 0 Å². The highest BCUT2D eigenvalue weighted by molar-refractivity contribution is 5.89. The molecule has 4 saturated carbocycles. The average molecular weight is 366 g/mol. The van der Waals surface area contributed by atoms with Crippen LogP contribution in [0.2, 0.25) is 0 Å². The molecule has 148 valence electrons. The van der Waals surface area contributed by atoms with Crippen LogP contribution in [-0.4, -0.2) is 50.6 Å². The van der Waals surface area contributed by atoms with Gasteiger partial charge in [-0.15, -0.1) is 0 Å². The Labute approximate surface area is 155 Å². The number of Topliss-reactive ketones (excluding diaryl/α,β-unsaturated/α-hetero) is 1. The molecule has 0 heterocycles. The van der Waals surface area contributed by atoms with Crippen molar-refractivity contribution in [3.05, 3.63) is 0 Å². The maximum atomic E-state index is 12.4. The smallest absolute Gasteiger partial charge is 0.190 e. The molecule has 26 heavy (non-hydrogen) atoms. The van der Waals surface area contributed by atoms with Crippen LogP contribution in [0.3, 0.4) is 0 Å². The molecule has 4 aliphatic rings. The predicted octanol–water partition coefficient (Wildman–Crippen LogP) is 1.65. The molecule has 0 unspecified atom stereocenters. The summed E-state index contributed by atoms with van der Waals surface area (Å²) in [4.78, 5) is 12.4. The Morgan fingerprint density at radius 1 is 1.08 bits per heavy atom. The van der Waals surface area contributed by atoms with E-state index in [9.17, 15) is 25.2 Å². The molecule has 4 fully saturated rings. The van der Waals surface area contributed by atoms with Crippen molar-refractivity contribution >= 4 is 5.78 Å². The number of carbonyl (C=O) groups is 1. The van der Waals surface area contributed by atoms with Crippen molar-refractivity contribution in [3.63, 3.8) is 0 Å². The molecule has 0 aliphatic heterocycles. The van der Waals surface area contributed by atoms with Gasteiger partial charge in [0, 0.05) is 5.41 Å². The number of rotatable bonds is 2. The Balaban J connectivity index is 1.69. The number of aliphatic hydroxyl groups excluding tert-OH is 3. The van der Waals surface area contributed by atoms with E-state index in [1.165, 1.54) is 0 Å². The summed E-state index contributed by atoms with van der Waals surface area (Å²) in [5.74, 6) is 0.653. The normalized spacial score (nSPS) is 56.4. The van der Waals surface area contributed by atoms with E-state index < -0.39 is 29.5 Å². The van der Waals surface area contributed by atoms with Crippen molar-refractivity contribution in [1.29, 1.82) is 0 Å². The van der Waals surface area contributed by atoms with Crippen molar-refractivity contribution in [3.8, 4) is 0 Å². The van der Waals surface area contributed by atoms with Crippen LogP contribution in [-0.2, 0) is 4.79 Å². The fraction of sp³-hybridized carbons (Fsp3) is 0.952. The number of fused-ring (bicyclic) bond motifs is 5. The second-order valence-corrected chi connectivity index (χ2v) is 10.2.